The second-order valence-electron chi connectivity index (χ2n) is 5.05. The molecule has 1 fully saturated rings. The summed E-state index contributed by atoms with van der Waals surface area (Å²) in [4.78, 5) is 11.7. The molecule has 0 radical (unpaired) electrons. The van der Waals surface area contributed by atoms with E-state index in [-0.39, 0.29) is 12.0 Å². The fraction of sp³-hybridized carbons (Fsp3) is 0.750. The van der Waals surface area contributed by atoms with Crippen LogP contribution in [0.15, 0.2) is 12.7 Å². The lowest BCUT2D eigenvalue weighted by Gasteiger charge is -2.22. The molecule has 0 aliphatic carbocycles. The van der Waals surface area contributed by atoms with Crippen molar-refractivity contribution in [2.45, 2.75) is 57.7 Å². The third kappa shape index (κ3) is 4.04. The van der Waals surface area contributed by atoms with Gasteiger partial charge >= 0.3 is 5.97 Å². The van der Waals surface area contributed by atoms with E-state index in [1.54, 1.807) is 0 Å². The first-order valence-corrected chi connectivity index (χ1v) is 5.52. The summed E-state index contributed by atoms with van der Waals surface area (Å²) < 4.78 is 5.32. The van der Waals surface area contributed by atoms with Gasteiger partial charge in [0.25, 0.3) is 0 Å². The average molecular weight is 211 g/mol. The lowest BCUT2D eigenvalue weighted by molar-refractivity contribution is -0.157. The molecule has 0 aromatic heterocycles. The average Bonchev–Trinajstić information content (AvgIpc) is 2.50. The Morgan fingerprint density at radius 1 is 1.53 bits per heavy atom. The lowest BCUT2D eigenvalue weighted by atomic mass is 10.1. The molecular formula is C12H21NO2. The number of rotatable bonds is 3. The summed E-state index contributed by atoms with van der Waals surface area (Å²) in [6.07, 6.45) is 4.69. The lowest BCUT2D eigenvalue weighted by Crippen LogP contribution is -2.39. The van der Waals surface area contributed by atoms with E-state index >= 15 is 0 Å². The molecule has 15 heavy (non-hydrogen) atoms. The second-order valence-corrected chi connectivity index (χ2v) is 5.05. The van der Waals surface area contributed by atoms with Crippen LogP contribution in [0.25, 0.3) is 0 Å². The van der Waals surface area contributed by atoms with Crippen molar-refractivity contribution in [2.24, 2.45) is 0 Å². The summed E-state index contributed by atoms with van der Waals surface area (Å²) in [5.41, 5.74) is -0.394. The third-order valence-corrected chi connectivity index (χ3v) is 2.38. The van der Waals surface area contributed by atoms with Crippen LogP contribution < -0.4 is 5.32 Å². The molecule has 0 bridgehead atoms. The number of hydrogen-bond acceptors (Lipinski definition) is 3. The van der Waals surface area contributed by atoms with Crippen LogP contribution in [0, 0.1) is 0 Å². The SMILES string of the molecule is C=CC[C@H]1CC[C@@H](C(=O)OC(C)(C)C)N1. The molecule has 1 N–H and O–H groups in total. The largest absolute Gasteiger partial charge is 0.459 e. The minimum absolute atomic E-state index is 0.130. The van der Waals surface area contributed by atoms with Gasteiger partial charge in [-0.2, -0.15) is 0 Å². The number of nitrogens with one attached hydrogen (secondary N) is 1. The van der Waals surface area contributed by atoms with E-state index in [0.717, 1.165) is 19.3 Å². The van der Waals surface area contributed by atoms with E-state index in [4.69, 9.17) is 4.74 Å². The van der Waals surface area contributed by atoms with Crippen LogP contribution in [0.2, 0.25) is 0 Å². The van der Waals surface area contributed by atoms with E-state index < -0.39 is 5.60 Å². The summed E-state index contributed by atoms with van der Waals surface area (Å²) >= 11 is 0. The molecule has 3 heteroatoms. The van der Waals surface area contributed by atoms with Gasteiger partial charge in [-0.15, -0.1) is 6.58 Å². The molecule has 1 heterocycles. The van der Waals surface area contributed by atoms with Crippen LogP contribution in [-0.4, -0.2) is 23.7 Å². The Hall–Kier alpha value is -0.830. The van der Waals surface area contributed by atoms with Crippen molar-refractivity contribution in [3.05, 3.63) is 12.7 Å². The van der Waals surface area contributed by atoms with Crippen LogP contribution in [0.3, 0.4) is 0 Å². The highest BCUT2D eigenvalue weighted by Crippen LogP contribution is 2.18. The molecule has 0 saturated carbocycles. The molecule has 1 saturated heterocycles. The van der Waals surface area contributed by atoms with Crippen LogP contribution in [0.1, 0.15) is 40.0 Å². The summed E-state index contributed by atoms with van der Waals surface area (Å²) in [5, 5.41) is 3.27. The molecule has 2 atom stereocenters. The second kappa shape index (κ2) is 4.79. The number of esters is 1. The number of ether oxygens (including phenoxy) is 1. The van der Waals surface area contributed by atoms with Gasteiger partial charge in [-0.25, -0.2) is 0 Å². The zero-order chi connectivity index (χ0) is 11.5. The van der Waals surface area contributed by atoms with Crippen molar-refractivity contribution in [3.8, 4) is 0 Å². The fourth-order valence-electron chi connectivity index (χ4n) is 1.76. The van der Waals surface area contributed by atoms with E-state index in [1.165, 1.54) is 0 Å². The molecule has 0 unspecified atom stereocenters. The predicted octanol–water partition coefficient (Wildman–Crippen LogP) is 2.02. The molecule has 0 aromatic carbocycles. The zero-order valence-electron chi connectivity index (χ0n) is 9.88. The van der Waals surface area contributed by atoms with Gasteiger partial charge in [0.05, 0.1) is 0 Å². The van der Waals surface area contributed by atoms with E-state index in [9.17, 15) is 4.79 Å². The number of hydrogen-bond donors (Lipinski definition) is 1. The summed E-state index contributed by atoms with van der Waals surface area (Å²) in [6, 6.07) is 0.259. The monoisotopic (exact) mass is 211 g/mol. The normalized spacial score (nSPS) is 26.3. The molecule has 1 aliphatic heterocycles. The van der Waals surface area contributed by atoms with E-state index in [0.29, 0.717) is 6.04 Å². The van der Waals surface area contributed by atoms with E-state index in [1.807, 2.05) is 26.8 Å². The summed E-state index contributed by atoms with van der Waals surface area (Å²) in [5.74, 6) is -0.130. The van der Waals surface area contributed by atoms with Crippen LogP contribution in [-0.2, 0) is 9.53 Å². The van der Waals surface area contributed by atoms with Gasteiger partial charge in [-0.3, -0.25) is 4.79 Å². The Labute approximate surface area is 91.9 Å². The highest BCUT2D eigenvalue weighted by atomic mass is 16.6. The van der Waals surface area contributed by atoms with Gasteiger partial charge in [0.1, 0.15) is 11.6 Å². The maximum atomic E-state index is 11.7. The van der Waals surface area contributed by atoms with Gasteiger partial charge in [0.15, 0.2) is 0 Å². The maximum Gasteiger partial charge on any atom is 0.323 e. The van der Waals surface area contributed by atoms with E-state index in [2.05, 4.69) is 11.9 Å². The van der Waals surface area contributed by atoms with Crippen LogP contribution in [0.5, 0.6) is 0 Å². The molecule has 3 nitrogen and oxygen atoms in total. The number of carbonyl (C=O) groups excluding carboxylic acids is 1. The van der Waals surface area contributed by atoms with Gasteiger partial charge in [-0.05, 0) is 40.0 Å². The molecule has 0 spiro atoms. The molecule has 0 aromatic rings. The van der Waals surface area contributed by atoms with Crippen molar-refractivity contribution in [1.82, 2.24) is 5.32 Å². The van der Waals surface area contributed by atoms with Crippen molar-refractivity contribution in [3.63, 3.8) is 0 Å². The minimum Gasteiger partial charge on any atom is -0.459 e. The Kier molecular flexibility index (Phi) is 3.91. The molecule has 0 amide bonds. The molecule has 1 aliphatic rings. The van der Waals surface area contributed by atoms with Gasteiger partial charge in [0, 0.05) is 6.04 Å². The first kappa shape index (κ1) is 12.2. The maximum absolute atomic E-state index is 11.7. The molecule has 1 rings (SSSR count). The predicted molar refractivity (Wildman–Crippen MR) is 60.6 cm³/mol. The van der Waals surface area contributed by atoms with Crippen LogP contribution in [0.4, 0.5) is 0 Å². The third-order valence-electron chi connectivity index (χ3n) is 2.38. The Morgan fingerprint density at radius 3 is 2.73 bits per heavy atom. The Bertz CT molecular complexity index is 242. The first-order valence-electron chi connectivity index (χ1n) is 5.52. The topological polar surface area (TPSA) is 38.3 Å². The minimum atomic E-state index is -0.394. The van der Waals surface area contributed by atoms with Crippen molar-refractivity contribution in [2.75, 3.05) is 0 Å². The highest BCUT2D eigenvalue weighted by molar-refractivity contribution is 5.76. The van der Waals surface area contributed by atoms with Crippen molar-refractivity contribution in [1.29, 1.82) is 0 Å². The smallest absolute Gasteiger partial charge is 0.323 e. The Balaban J connectivity index is 2.40. The summed E-state index contributed by atoms with van der Waals surface area (Å²) in [7, 11) is 0. The fourth-order valence-corrected chi connectivity index (χ4v) is 1.76. The van der Waals surface area contributed by atoms with Gasteiger partial charge in [-0.1, -0.05) is 6.08 Å². The van der Waals surface area contributed by atoms with Gasteiger partial charge < -0.3 is 10.1 Å². The zero-order valence-corrected chi connectivity index (χ0v) is 9.88. The molecular weight excluding hydrogens is 190 g/mol. The van der Waals surface area contributed by atoms with Gasteiger partial charge in [0.2, 0.25) is 0 Å². The molecule has 86 valence electrons. The van der Waals surface area contributed by atoms with Crippen molar-refractivity contribution < 1.29 is 9.53 Å². The first-order chi connectivity index (χ1) is 6.92. The van der Waals surface area contributed by atoms with Crippen molar-refractivity contribution >= 4 is 5.97 Å². The quantitative estimate of drug-likeness (QED) is 0.573. The Morgan fingerprint density at radius 2 is 2.20 bits per heavy atom. The summed E-state index contributed by atoms with van der Waals surface area (Å²) in [6.45, 7) is 9.37. The van der Waals surface area contributed by atoms with Crippen LogP contribution >= 0.6 is 0 Å². The highest BCUT2D eigenvalue weighted by Gasteiger charge is 2.31. The standard InChI is InChI=1S/C12H21NO2/c1-5-6-9-7-8-10(13-9)11(14)15-12(2,3)4/h5,9-10,13H,1,6-8H2,2-4H3/t9-,10-/m0/s1. The number of carbonyl (C=O) groups is 1.